The van der Waals surface area contributed by atoms with E-state index in [0.29, 0.717) is 11.3 Å². The highest BCUT2D eigenvalue weighted by molar-refractivity contribution is 9.10. The number of ether oxygens (including phenoxy) is 1. The molecule has 0 aliphatic heterocycles. The Labute approximate surface area is 129 Å². The monoisotopic (exact) mass is 349 g/mol. The molecule has 0 saturated carbocycles. The smallest absolute Gasteiger partial charge is 0.337 e. The van der Waals surface area contributed by atoms with E-state index in [1.807, 2.05) is 0 Å². The van der Waals surface area contributed by atoms with E-state index < -0.39 is 11.9 Å². The standard InChI is InChI=1S/C15H12BrNO4/c1-21-13-8-9(16)6-7-11(13)14(18)17-12-5-3-2-4-10(12)15(19)20/h2-8H,1H3,(H,17,18)(H,19,20). The summed E-state index contributed by atoms with van der Waals surface area (Å²) in [5.41, 5.74) is 0.586. The number of para-hydroxylation sites is 1. The van der Waals surface area contributed by atoms with E-state index in [-0.39, 0.29) is 11.3 Å². The van der Waals surface area contributed by atoms with Gasteiger partial charge in [0.05, 0.1) is 23.9 Å². The molecule has 0 spiro atoms. The van der Waals surface area contributed by atoms with Gasteiger partial charge in [-0.1, -0.05) is 28.1 Å². The van der Waals surface area contributed by atoms with Crippen molar-refractivity contribution in [2.45, 2.75) is 0 Å². The summed E-state index contributed by atoms with van der Waals surface area (Å²) in [6.45, 7) is 0. The minimum absolute atomic E-state index is 0.0296. The van der Waals surface area contributed by atoms with Crippen LogP contribution >= 0.6 is 15.9 Å². The number of aromatic carboxylic acids is 1. The molecule has 0 aliphatic carbocycles. The molecule has 0 heterocycles. The Bertz CT molecular complexity index is 700. The number of carbonyl (C=O) groups excluding carboxylic acids is 1. The summed E-state index contributed by atoms with van der Waals surface area (Å²) >= 11 is 3.29. The molecule has 0 bridgehead atoms. The van der Waals surface area contributed by atoms with Gasteiger partial charge in [-0.3, -0.25) is 4.79 Å². The summed E-state index contributed by atoms with van der Waals surface area (Å²) in [5, 5.41) is 11.7. The van der Waals surface area contributed by atoms with E-state index in [9.17, 15) is 9.59 Å². The first-order chi connectivity index (χ1) is 10.0. The maximum absolute atomic E-state index is 12.3. The number of halogens is 1. The molecule has 5 nitrogen and oxygen atoms in total. The minimum atomic E-state index is -1.10. The fourth-order valence-corrected chi connectivity index (χ4v) is 2.16. The van der Waals surface area contributed by atoms with Crippen LogP contribution in [-0.4, -0.2) is 24.1 Å². The molecule has 2 rings (SSSR count). The van der Waals surface area contributed by atoms with Gasteiger partial charge in [-0.25, -0.2) is 4.79 Å². The van der Waals surface area contributed by atoms with Crippen molar-refractivity contribution >= 4 is 33.5 Å². The van der Waals surface area contributed by atoms with Crippen molar-refractivity contribution in [3.8, 4) is 5.75 Å². The molecule has 0 atom stereocenters. The van der Waals surface area contributed by atoms with Gasteiger partial charge in [-0.2, -0.15) is 0 Å². The van der Waals surface area contributed by atoms with Crippen molar-refractivity contribution in [2.75, 3.05) is 12.4 Å². The second kappa shape index (κ2) is 6.41. The molecule has 1 amide bonds. The quantitative estimate of drug-likeness (QED) is 0.886. The Hall–Kier alpha value is -2.34. The van der Waals surface area contributed by atoms with Crippen LogP contribution in [0.4, 0.5) is 5.69 Å². The van der Waals surface area contributed by atoms with Gasteiger partial charge in [0, 0.05) is 4.47 Å². The lowest BCUT2D eigenvalue weighted by molar-refractivity contribution is 0.0698. The molecule has 0 radical (unpaired) electrons. The highest BCUT2D eigenvalue weighted by atomic mass is 79.9. The number of nitrogens with one attached hydrogen (secondary N) is 1. The van der Waals surface area contributed by atoms with Crippen LogP contribution in [0.25, 0.3) is 0 Å². The fraction of sp³-hybridized carbons (Fsp3) is 0.0667. The molecule has 0 saturated heterocycles. The summed E-state index contributed by atoms with van der Waals surface area (Å²) in [4.78, 5) is 23.4. The van der Waals surface area contributed by atoms with Crippen molar-refractivity contribution in [2.24, 2.45) is 0 Å². The molecule has 2 aromatic carbocycles. The molecule has 2 N–H and O–H groups in total. The molecule has 108 valence electrons. The van der Waals surface area contributed by atoms with Crippen LogP contribution in [-0.2, 0) is 0 Å². The van der Waals surface area contributed by atoms with E-state index in [0.717, 1.165) is 4.47 Å². The lowest BCUT2D eigenvalue weighted by Gasteiger charge is -2.11. The van der Waals surface area contributed by atoms with Crippen molar-refractivity contribution in [3.05, 3.63) is 58.1 Å². The van der Waals surface area contributed by atoms with Gasteiger partial charge in [0.15, 0.2) is 0 Å². The molecule has 6 heteroatoms. The van der Waals surface area contributed by atoms with Gasteiger partial charge < -0.3 is 15.2 Å². The fourth-order valence-electron chi connectivity index (χ4n) is 1.82. The van der Waals surface area contributed by atoms with E-state index in [4.69, 9.17) is 9.84 Å². The van der Waals surface area contributed by atoms with Gasteiger partial charge in [0.2, 0.25) is 0 Å². The normalized spacial score (nSPS) is 10.0. The zero-order chi connectivity index (χ0) is 15.4. The van der Waals surface area contributed by atoms with Crippen LogP contribution in [0.1, 0.15) is 20.7 Å². The summed E-state index contributed by atoms with van der Waals surface area (Å²) in [7, 11) is 1.46. The first kappa shape index (κ1) is 15.1. The first-order valence-electron chi connectivity index (χ1n) is 6.00. The van der Waals surface area contributed by atoms with Crippen molar-refractivity contribution < 1.29 is 19.4 Å². The molecular formula is C15H12BrNO4. The Morgan fingerprint density at radius 2 is 1.86 bits per heavy atom. The average Bonchev–Trinajstić information content (AvgIpc) is 2.47. The number of benzene rings is 2. The number of methoxy groups -OCH3 is 1. The van der Waals surface area contributed by atoms with Gasteiger partial charge >= 0.3 is 5.97 Å². The van der Waals surface area contributed by atoms with Gasteiger partial charge in [0.25, 0.3) is 5.91 Å². The Kier molecular flexibility index (Phi) is 4.59. The van der Waals surface area contributed by atoms with Crippen LogP contribution < -0.4 is 10.1 Å². The van der Waals surface area contributed by atoms with Crippen LogP contribution in [0.3, 0.4) is 0 Å². The second-order valence-corrected chi connectivity index (χ2v) is 5.07. The van der Waals surface area contributed by atoms with E-state index in [1.54, 1.807) is 30.3 Å². The number of carboxylic acids is 1. The maximum Gasteiger partial charge on any atom is 0.337 e. The lowest BCUT2D eigenvalue weighted by Crippen LogP contribution is -2.15. The zero-order valence-corrected chi connectivity index (χ0v) is 12.7. The van der Waals surface area contributed by atoms with Crippen molar-refractivity contribution in [3.63, 3.8) is 0 Å². The van der Waals surface area contributed by atoms with Crippen LogP contribution in [0.2, 0.25) is 0 Å². The van der Waals surface area contributed by atoms with E-state index in [2.05, 4.69) is 21.2 Å². The highest BCUT2D eigenvalue weighted by Crippen LogP contribution is 2.25. The molecule has 0 fully saturated rings. The van der Waals surface area contributed by atoms with Gasteiger partial charge in [-0.15, -0.1) is 0 Å². The summed E-state index contributed by atoms with van der Waals surface area (Å²) in [6.07, 6.45) is 0. The number of hydrogen-bond acceptors (Lipinski definition) is 3. The van der Waals surface area contributed by atoms with E-state index in [1.165, 1.54) is 19.2 Å². The first-order valence-corrected chi connectivity index (χ1v) is 6.79. The molecular weight excluding hydrogens is 338 g/mol. The predicted molar refractivity (Wildman–Crippen MR) is 82.0 cm³/mol. The molecule has 2 aromatic rings. The van der Waals surface area contributed by atoms with Crippen molar-refractivity contribution in [1.29, 1.82) is 0 Å². The second-order valence-electron chi connectivity index (χ2n) is 4.15. The largest absolute Gasteiger partial charge is 0.496 e. The topological polar surface area (TPSA) is 75.6 Å². The summed E-state index contributed by atoms with van der Waals surface area (Å²) in [5.74, 6) is -1.14. The predicted octanol–water partition coefficient (Wildman–Crippen LogP) is 3.41. The number of carbonyl (C=O) groups is 2. The number of carboxylic acid groups (broad SMARTS) is 1. The number of hydrogen-bond donors (Lipinski definition) is 2. The third kappa shape index (κ3) is 3.41. The number of rotatable bonds is 4. The van der Waals surface area contributed by atoms with Gasteiger partial charge in [-0.05, 0) is 30.3 Å². The molecule has 0 aliphatic rings. The summed E-state index contributed by atoms with van der Waals surface area (Å²) in [6, 6.07) is 11.2. The molecule has 21 heavy (non-hydrogen) atoms. The minimum Gasteiger partial charge on any atom is -0.496 e. The van der Waals surface area contributed by atoms with Crippen LogP contribution in [0.15, 0.2) is 46.9 Å². The Morgan fingerprint density at radius 1 is 1.14 bits per heavy atom. The Morgan fingerprint density at radius 3 is 2.52 bits per heavy atom. The third-order valence-electron chi connectivity index (χ3n) is 2.81. The SMILES string of the molecule is COc1cc(Br)ccc1C(=O)Nc1ccccc1C(=O)O. The maximum atomic E-state index is 12.3. The van der Waals surface area contributed by atoms with Crippen molar-refractivity contribution in [1.82, 2.24) is 0 Å². The number of amides is 1. The molecule has 0 aromatic heterocycles. The number of anilines is 1. The highest BCUT2D eigenvalue weighted by Gasteiger charge is 2.16. The lowest BCUT2D eigenvalue weighted by atomic mass is 10.1. The Balaban J connectivity index is 2.33. The zero-order valence-electron chi connectivity index (χ0n) is 11.1. The third-order valence-corrected chi connectivity index (χ3v) is 3.31. The van der Waals surface area contributed by atoms with E-state index >= 15 is 0 Å². The van der Waals surface area contributed by atoms with Crippen LogP contribution in [0, 0.1) is 0 Å². The van der Waals surface area contributed by atoms with Crippen LogP contribution in [0.5, 0.6) is 5.75 Å². The summed E-state index contributed by atoms with van der Waals surface area (Å²) < 4.78 is 5.94. The molecule has 0 unspecified atom stereocenters. The van der Waals surface area contributed by atoms with Gasteiger partial charge in [0.1, 0.15) is 5.75 Å². The average molecular weight is 350 g/mol.